The largest absolute Gasteiger partial charge is 0.496 e. The van der Waals surface area contributed by atoms with Gasteiger partial charge in [0.1, 0.15) is 11.4 Å². The van der Waals surface area contributed by atoms with Crippen molar-refractivity contribution < 1.29 is 19.4 Å². The second kappa shape index (κ2) is 7.65. The van der Waals surface area contributed by atoms with Gasteiger partial charge in [-0.2, -0.15) is 5.10 Å². The van der Waals surface area contributed by atoms with Crippen LogP contribution in [0.5, 0.6) is 5.75 Å². The van der Waals surface area contributed by atoms with Crippen LogP contribution in [0.2, 0.25) is 0 Å². The van der Waals surface area contributed by atoms with Gasteiger partial charge >= 0.3 is 0 Å². The van der Waals surface area contributed by atoms with Crippen molar-refractivity contribution in [1.29, 1.82) is 0 Å². The number of unbranched alkanes of at least 4 members (excludes halogenated alkanes) is 2. The summed E-state index contributed by atoms with van der Waals surface area (Å²) in [6.07, 6.45) is 3.95. The zero-order valence-electron chi connectivity index (χ0n) is 15.1. The highest BCUT2D eigenvalue weighted by molar-refractivity contribution is 6.54. The first-order chi connectivity index (χ1) is 11.8. The summed E-state index contributed by atoms with van der Waals surface area (Å²) in [5.41, 5.74) is 3.01. The number of anilines is 1. The molecule has 7 heteroatoms. The number of carbonyl (C=O) groups is 2. The SMILES string of the molecule is CCCCCc1c(OC)ccc2c1NC(=O)/C2=N\NC(=O)C(C)(C)O. The fourth-order valence-electron chi connectivity index (χ4n) is 2.61. The summed E-state index contributed by atoms with van der Waals surface area (Å²) in [7, 11) is 1.60. The number of benzene rings is 1. The van der Waals surface area contributed by atoms with E-state index in [9.17, 15) is 14.7 Å². The lowest BCUT2D eigenvalue weighted by molar-refractivity contribution is -0.136. The van der Waals surface area contributed by atoms with E-state index in [4.69, 9.17) is 4.74 Å². The van der Waals surface area contributed by atoms with E-state index in [0.717, 1.165) is 37.0 Å². The predicted molar refractivity (Wildman–Crippen MR) is 95.8 cm³/mol. The van der Waals surface area contributed by atoms with Gasteiger partial charge in [0.25, 0.3) is 11.8 Å². The number of aliphatic hydroxyl groups is 1. The summed E-state index contributed by atoms with van der Waals surface area (Å²) in [5.74, 6) is -0.356. The number of carbonyl (C=O) groups excluding carboxylic acids is 2. The van der Waals surface area contributed by atoms with Gasteiger partial charge in [0.15, 0.2) is 5.71 Å². The van der Waals surface area contributed by atoms with Crippen LogP contribution in [0.25, 0.3) is 0 Å². The monoisotopic (exact) mass is 347 g/mol. The molecule has 0 unspecified atom stereocenters. The molecule has 0 saturated carbocycles. The number of methoxy groups -OCH3 is 1. The zero-order valence-corrected chi connectivity index (χ0v) is 15.1. The quantitative estimate of drug-likeness (QED) is 0.518. The van der Waals surface area contributed by atoms with Crippen LogP contribution in [0.4, 0.5) is 5.69 Å². The Labute approximate surface area is 147 Å². The number of hydrazone groups is 1. The average Bonchev–Trinajstić information content (AvgIpc) is 2.87. The van der Waals surface area contributed by atoms with Gasteiger partial charge in [0, 0.05) is 11.1 Å². The van der Waals surface area contributed by atoms with Gasteiger partial charge in [-0.15, -0.1) is 0 Å². The van der Waals surface area contributed by atoms with Crippen LogP contribution < -0.4 is 15.5 Å². The number of nitrogens with one attached hydrogen (secondary N) is 2. The Hall–Kier alpha value is -2.41. The Morgan fingerprint density at radius 2 is 2.08 bits per heavy atom. The lowest BCUT2D eigenvalue weighted by Gasteiger charge is -2.14. The molecule has 136 valence electrons. The molecule has 0 bridgehead atoms. The Bertz CT molecular complexity index is 705. The molecule has 2 amide bonds. The molecule has 25 heavy (non-hydrogen) atoms. The zero-order chi connectivity index (χ0) is 18.6. The summed E-state index contributed by atoms with van der Waals surface area (Å²) in [6, 6.07) is 3.54. The van der Waals surface area contributed by atoms with E-state index in [1.807, 2.05) is 0 Å². The van der Waals surface area contributed by atoms with Gasteiger partial charge in [-0.25, -0.2) is 5.43 Å². The van der Waals surface area contributed by atoms with Crippen LogP contribution in [0.15, 0.2) is 17.2 Å². The van der Waals surface area contributed by atoms with Crippen molar-refractivity contribution in [2.24, 2.45) is 5.10 Å². The van der Waals surface area contributed by atoms with Gasteiger partial charge in [0.2, 0.25) is 0 Å². The Kier molecular flexibility index (Phi) is 5.79. The minimum absolute atomic E-state index is 0.118. The van der Waals surface area contributed by atoms with E-state index in [2.05, 4.69) is 22.8 Å². The fourth-order valence-corrected chi connectivity index (χ4v) is 2.61. The van der Waals surface area contributed by atoms with Crippen LogP contribution in [0, 0.1) is 0 Å². The van der Waals surface area contributed by atoms with Crippen molar-refractivity contribution in [1.82, 2.24) is 5.43 Å². The molecule has 1 aromatic carbocycles. The molecule has 0 fully saturated rings. The van der Waals surface area contributed by atoms with Gasteiger partial charge < -0.3 is 15.2 Å². The highest BCUT2D eigenvalue weighted by atomic mass is 16.5. The molecular formula is C18H25N3O4. The number of fused-ring (bicyclic) bond motifs is 1. The summed E-state index contributed by atoms with van der Waals surface area (Å²) in [6.45, 7) is 4.83. The molecule has 1 heterocycles. The van der Waals surface area contributed by atoms with E-state index in [0.29, 0.717) is 11.3 Å². The van der Waals surface area contributed by atoms with E-state index >= 15 is 0 Å². The number of hydrogen-bond donors (Lipinski definition) is 3. The van der Waals surface area contributed by atoms with Gasteiger partial charge in [-0.05, 0) is 38.8 Å². The van der Waals surface area contributed by atoms with Gasteiger partial charge in [-0.1, -0.05) is 19.8 Å². The number of amides is 2. The molecule has 2 rings (SSSR count). The van der Waals surface area contributed by atoms with Gasteiger partial charge in [0.05, 0.1) is 12.8 Å². The minimum Gasteiger partial charge on any atom is -0.496 e. The van der Waals surface area contributed by atoms with Crippen molar-refractivity contribution in [2.75, 3.05) is 12.4 Å². The second-order valence-electron chi connectivity index (χ2n) is 6.54. The van der Waals surface area contributed by atoms with Crippen molar-refractivity contribution in [2.45, 2.75) is 52.1 Å². The number of hydrogen-bond acceptors (Lipinski definition) is 5. The molecule has 0 saturated heterocycles. The summed E-state index contributed by atoms with van der Waals surface area (Å²) in [4.78, 5) is 24.0. The lowest BCUT2D eigenvalue weighted by atomic mass is 10.00. The Balaban J connectivity index is 2.34. The first-order valence-electron chi connectivity index (χ1n) is 8.41. The first-order valence-corrected chi connectivity index (χ1v) is 8.41. The highest BCUT2D eigenvalue weighted by Gasteiger charge is 2.31. The molecule has 1 aliphatic rings. The molecule has 0 aliphatic carbocycles. The van der Waals surface area contributed by atoms with Crippen molar-refractivity contribution in [3.63, 3.8) is 0 Å². The summed E-state index contributed by atoms with van der Waals surface area (Å²) >= 11 is 0. The van der Waals surface area contributed by atoms with E-state index in [1.54, 1.807) is 19.2 Å². The van der Waals surface area contributed by atoms with Crippen LogP contribution in [-0.2, 0) is 16.0 Å². The molecule has 0 atom stereocenters. The van der Waals surface area contributed by atoms with Crippen LogP contribution >= 0.6 is 0 Å². The highest BCUT2D eigenvalue weighted by Crippen LogP contribution is 2.35. The maximum absolute atomic E-state index is 12.3. The van der Waals surface area contributed by atoms with E-state index < -0.39 is 17.4 Å². The summed E-state index contributed by atoms with van der Waals surface area (Å²) in [5, 5.41) is 16.4. The average molecular weight is 347 g/mol. The minimum atomic E-state index is -1.58. The predicted octanol–water partition coefficient (Wildman–Crippen LogP) is 1.97. The standard InChI is InChI=1S/C18H25N3O4/c1-5-6-7-8-11-13(25-4)10-9-12-14(11)19-16(22)15(12)20-21-17(23)18(2,3)24/h9-10,24H,5-8H2,1-4H3,(H,21,23)(H,19,20,22). The van der Waals surface area contributed by atoms with Crippen molar-refractivity contribution >= 4 is 23.2 Å². The number of rotatable bonds is 7. The fraction of sp³-hybridized carbons (Fsp3) is 0.500. The van der Waals surface area contributed by atoms with Crippen molar-refractivity contribution in [3.05, 3.63) is 23.3 Å². The number of nitrogens with zero attached hydrogens (tertiary/aromatic N) is 1. The Morgan fingerprint density at radius 3 is 2.68 bits per heavy atom. The molecule has 3 N–H and O–H groups in total. The molecule has 0 radical (unpaired) electrons. The third-order valence-electron chi connectivity index (χ3n) is 4.05. The maximum Gasteiger partial charge on any atom is 0.276 e. The van der Waals surface area contributed by atoms with E-state index in [1.165, 1.54) is 13.8 Å². The second-order valence-corrected chi connectivity index (χ2v) is 6.54. The molecule has 1 aromatic rings. The lowest BCUT2D eigenvalue weighted by Crippen LogP contribution is -2.40. The smallest absolute Gasteiger partial charge is 0.276 e. The molecule has 1 aliphatic heterocycles. The van der Waals surface area contributed by atoms with Crippen molar-refractivity contribution in [3.8, 4) is 5.75 Å². The maximum atomic E-state index is 12.3. The molecule has 0 spiro atoms. The van der Waals surface area contributed by atoms with Crippen LogP contribution in [0.1, 0.15) is 51.2 Å². The topological polar surface area (TPSA) is 100 Å². The van der Waals surface area contributed by atoms with E-state index in [-0.39, 0.29) is 5.71 Å². The Morgan fingerprint density at radius 1 is 1.36 bits per heavy atom. The van der Waals surface area contributed by atoms with Gasteiger partial charge in [-0.3, -0.25) is 9.59 Å². The van der Waals surface area contributed by atoms with Crippen LogP contribution in [-0.4, -0.2) is 35.3 Å². The molecule has 7 nitrogen and oxygen atoms in total. The number of ether oxygens (including phenoxy) is 1. The normalized spacial score (nSPS) is 15.1. The molecule has 0 aromatic heterocycles. The van der Waals surface area contributed by atoms with Crippen LogP contribution in [0.3, 0.4) is 0 Å². The first kappa shape index (κ1) is 18.9. The third kappa shape index (κ3) is 4.17. The summed E-state index contributed by atoms with van der Waals surface area (Å²) < 4.78 is 5.42. The molecular weight excluding hydrogens is 322 g/mol. The third-order valence-corrected chi connectivity index (χ3v) is 4.05.